The molecule has 0 aliphatic heterocycles. The summed E-state index contributed by atoms with van der Waals surface area (Å²) in [6.07, 6.45) is 1.56. The van der Waals surface area contributed by atoms with E-state index < -0.39 is 0 Å². The highest BCUT2D eigenvalue weighted by Crippen LogP contribution is 2.20. The Morgan fingerprint density at radius 2 is 2.04 bits per heavy atom. The van der Waals surface area contributed by atoms with Crippen molar-refractivity contribution in [3.8, 4) is 5.69 Å². The molecular formula is C14H11ClN6OS. The molecule has 0 fully saturated rings. The van der Waals surface area contributed by atoms with Crippen LogP contribution in [0.1, 0.15) is 0 Å². The largest absolute Gasteiger partial charge is 0.323 e. The molecule has 3 rings (SSSR count). The molecule has 0 bridgehead atoms. The second-order valence-electron chi connectivity index (χ2n) is 4.39. The maximum Gasteiger partial charge on any atom is 0.234 e. The SMILES string of the molecule is O=C(CSc1nnnn1-c1ccccc1)Nc1cccnc1Cl. The van der Waals surface area contributed by atoms with Crippen molar-refractivity contribution in [3.05, 3.63) is 53.8 Å². The highest BCUT2D eigenvalue weighted by Gasteiger charge is 2.12. The van der Waals surface area contributed by atoms with Gasteiger partial charge in [-0.2, -0.15) is 4.68 Å². The number of rotatable bonds is 5. The lowest BCUT2D eigenvalue weighted by atomic mass is 10.3. The summed E-state index contributed by atoms with van der Waals surface area (Å²) in [5.41, 5.74) is 1.30. The number of hydrogen-bond donors (Lipinski definition) is 1. The Morgan fingerprint density at radius 1 is 1.22 bits per heavy atom. The van der Waals surface area contributed by atoms with Gasteiger partial charge in [0.15, 0.2) is 5.15 Å². The third-order valence-electron chi connectivity index (χ3n) is 2.81. The molecular weight excluding hydrogens is 336 g/mol. The zero-order chi connectivity index (χ0) is 16.1. The number of halogens is 1. The third-order valence-corrected chi connectivity index (χ3v) is 4.03. The molecule has 23 heavy (non-hydrogen) atoms. The number of nitrogens with one attached hydrogen (secondary N) is 1. The van der Waals surface area contributed by atoms with E-state index in [1.807, 2.05) is 30.3 Å². The number of hydrogen-bond acceptors (Lipinski definition) is 6. The fourth-order valence-corrected chi connectivity index (χ4v) is 2.65. The molecule has 1 amide bonds. The van der Waals surface area contributed by atoms with Crippen LogP contribution in [-0.2, 0) is 4.79 Å². The second-order valence-corrected chi connectivity index (χ2v) is 5.69. The van der Waals surface area contributed by atoms with Crippen molar-refractivity contribution in [2.24, 2.45) is 0 Å². The molecule has 1 aromatic carbocycles. The Labute approximate surface area is 141 Å². The van der Waals surface area contributed by atoms with Crippen LogP contribution in [0.5, 0.6) is 0 Å². The number of carbonyl (C=O) groups is 1. The standard InChI is InChI=1S/C14H11ClN6OS/c15-13-11(7-4-8-16-13)17-12(22)9-23-14-18-19-20-21(14)10-5-2-1-3-6-10/h1-8H,9H2,(H,17,22). The number of tetrazole rings is 1. The van der Waals surface area contributed by atoms with Gasteiger partial charge < -0.3 is 5.32 Å². The summed E-state index contributed by atoms with van der Waals surface area (Å²) in [5, 5.41) is 15.0. The monoisotopic (exact) mass is 346 g/mol. The molecule has 2 aromatic heterocycles. The normalized spacial score (nSPS) is 10.5. The van der Waals surface area contributed by atoms with Gasteiger partial charge in [-0.15, -0.1) is 5.10 Å². The zero-order valence-corrected chi connectivity index (χ0v) is 13.3. The van der Waals surface area contributed by atoms with E-state index in [9.17, 15) is 4.79 Å². The molecule has 0 spiro atoms. The Morgan fingerprint density at radius 3 is 2.83 bits per heavy atom. The Bertz CT molecular complexity index is 810. The van der Waals surface area contributed by atoms with Crippen molar-refractivity contribution in [3.63, 3.8) is 0 Å². The molecule has 7 nitrogen and oxygen atoms in total. The molecule has 9 heteroatoms. The molecule has 0 unspecified atom stereocenters. The van der Waals surface area contributed by atoms with Crippen LogP contribution in [0.25, 0.3) is 5.69 Å². The van der Waals surface area contributed by atoms with Crippen LogP contribution in [0, 0.1) is 0 Å². The Hall–Kier alpha value is -2.45. The maximum absolute atomic E-state index is 12.0. The number of para-hydroxylation sites is 1. The van der Waals surface area contributed by atoms with Gasteiger partial charge in [0.1, 0.15) is 0 Å². The summed E-state index contributed by atoms with van der Waals surface area (Å²) in [4.78, 5) is 15.9. The number of carbonyl (C=O) groups excluding carboxylic acids is 1. The van der Waals surface area contributed by atoms with Crippen LogP contribution < -0.4 is 5.32 Å². The van der Waals surface area contributed by atoms with Crippen molar-refractivity contribution in [1.82, 2.24) is 25.2 Å². The van der Waals surface area contributed by atoms with Gasteiger partial charge in [-0.05, 0) is 34.7 Å². The van der Waals surface area contributed by atoms with Gasteiger partial charge in [0.2, 0.25) is 11.1 Å². The number of thioether (sulfide) groups is 1. The van der Waals surface area contributed by atoms with E-state index in [2.05, 4.69) is 25.8 Å². The van der Waals surface area contributed by atoms with E-state index in [-0.39, 0.29) is 16.8 Å². The molecule has 116 valence electrons. The molecule has 0 saturated heterocycles. The second kappa shape index (κ2) is 7.21. The fourth-order valence-electron chi connectivity index (χ4n) is 1.80. The number of amides is 1. The molecule has 0 aliphatic rings. The minimum Gasteiger partial charge on any atom is -0.323 e. The van der Waals surface area contributed by atoms with E-state index >= 15 is 0 Å². The lowest BCUT2D eigenvalue weighted by Gasteiger charge is -2.06. The van der Waals surface area contributed by atoms with Gasteiger partial charge in [-0.1, -0.05) is 41.6 Å². The average molecular weight is 347 g/mol. The summed E-state index contributed by atoms with van der Waals surface area (Å²) in [5.74, 6) is -0.0640. The first-order valence-corrected chi connectivity index (χ1v) is 7.97. The highest BCUT2D eigenvalue weighted by atomic mass is 35.5. The number of nitrogens with zero attached hydrogens (tertiary/aromatic N) is 5. The van der Waals surface area contributed by atoms with Crippen LogP contribution in [-0.4, -0.2) is 36.9 Å². The summed E-state index contributed by atoms with van der Waals surface area (Å²) in [7, 11) is 0. The molecule has 2 heterocycles. The van der Waals surface area contributed by atoms with E-state index in [0.29, 0.717) is 10.8 Å². The van der Waals surface area contributed by atoms with Crippen molar-refractivity contribution >= 4 is 35.0 Å². The number of aromatic nitrogens is 5. The van der Waals surface area contributed by atoms with Crippen LogP contribution in [0.2, 0.25) is 5.15 Å². The quantitative estimate of drug-likeness (QED) is 0.564. The number of anilines is 1. The lowest BCUT2D eigenvalue weighted by molar-refractivity contribution is -0.113. The topological polar surface area (TPSA) is 85.6 Å². The van der Waals surface area contributed by atoms with Crippen LogP contribution in [0.15, 0.2) is 53.8 Å². The predicted octanol–water partition coefficient (Wildman–Crippen LogP) is 2.44. The van der Waals surface area contributed by atoms with Gasteiger partial charge in [0.05, 0.1) is 17.1 Å². The van der Waals surface area contributed by atoms with Gasteiger partial charge in [-0.25, -0.2) is 4.98 Å². The van der Waals surface area contributed by atoms with Crippen molar-refractivity contribution in [2.75, 3.05) is 11.1 Å². The van der Waals surface area contributed by atoms with Gasteiger partial charge in [-0.3, -0.25) is 4.79 Å². The Kier molecular flexibility index (Phi) is 4.84. The number of pyridine rings is 1. The molecule has 0 radical (unpaired) electrons. The Balaban J connectivity index is 1.64. The van der Waals surface area contributed by atoms with Crippen LogP contribution >= 0.6 is 23.4 Å². The first-order valence-electron chi connectivity index (χ1n) is 6.61. The first kappa shape index (κ1) is 15.4. The van der Waals surface area contributed by atoms with E-state index in [1.165, 1.54) is 11.8 Å². The third kappa shape index (κ3) is 3.85. The van der Waals surface area contributed by atoms with Crippen molar-refractivity contribution in [2.45, 2.75) is 5.16 Å². The zero-order valence-electron chi connectivity index (χ0n) is 11.8. The summed E-state index contributed by atoms with van der Waals surface area (Å²) >= 11 is 7.14. The minimum atomic E-state index is -0.215. The number of benzene rings is 1. The van der Waals surface area contributed by atoms with Gasteiger partial charge in [0, 0.05) is 6.20 Å². The van der Waals surface area contributed by atoms with Crippen molar-refractivity contribution < 1.29 is 4.79 Å². The highest BCUT2D eigenvalue weighted by molar-refractivity contribution is 7.99. The van der Waals surface area contributed by atoms with E-state index in [4.69, 9.17) is 11.6 Å². The van der Waals surface area contributed by atoms with Crippen LogP contribution in [0.4, 0.5) is 5.69 Å². The molecule has 0 aliphatic carbocycles. The molecule has 0 saturated carbocycles. The average Bonchev–Trinajstić information content (AvgIpc) is 3.04. The summed E-state index contributed by atoms with van der Waals surface area (Å²) in [6, 6.07) is 12.8. The van der Waals surface area contributed by atoms with Crippen molar-refractivity contribution in [1.29, 1.82) is 0 Å². The minimum absolute atomic E-state index is 0.151. The predicted molar refractivity (Wildman–Crippen MR) is 87.8 cm³/mol. The first-order chi connectivity index (χ1) is 11.2. The summed E-state index contributed by atoms with van der Waals surface area (Å²) in [6.45, 7) is 0. The molecule has 1 N–H and O–H groups in total. The van der Waals surface area contributed by atoms with E-state index in [0.717, 1.165) is 5.69 Å². The lowest BCUT2D eigenvalue weighted by Crippen LogP contribution is -2.15. The molecule has 0 atom stereocenters. The molecule has 3 aromatic rings. The smallest absolute Gasteiger partial charge is 0.234 e. The van der Waals surface area contributed by atoms with E-state index in [1.54, 1.807) is 23.0 Å². The maximum atomic E-state index is 12.0. The van der Waals surface area contributed by atoms with Gasteiger partial charge in [0.25, 0.3) is 0 Å². The van der Waals surface area contributed by atoms with Crippen LogP contribution in [0.3, 0.4) is 0 Å². The summed E-state index contributed by atoms with van der Waals surface area (Å²) < 4.78 is 1.58. The van der Waals surface area contributed by atoms with Gasteiger partial charge >= 0.3 is 0 Å². The fraction of sp³-hybridized carbons (Fsp3) is 0.0714.